The molecule has 1 amide bonds. The molecule has 0 aliphatic carbocycles. The summed E-state index contributed by atoms with van der Waals surface area (Å²) >= 11 is 8.88. The summed E-state index contributed by atoms with van der Waals surface area (Å²) in [6, 6.07) is 7.86. The van der Waals surface area contributed by atoms with Gasteiger partial charge in [-0.05, 0) is 43.9 Å². The molecule has 1 N–H and O–H groups in total. The predicted molar refractivity (Wildman–Crippen MR) is 105 cm³/mol. The Bertz CT molecular complexity index is 724. The second-order valence-electron chi connectivity index (χ2n) is 5.94. The van der Waals surface area contributed by atoms with Gasteiger partial charge in [-0.15, -0.1) is 10.2 Å². The van der Waals surface area contributed by atoms with Crippen molar-refractivity contribution < 1.29 is 4.79 Å². The summed E-state index contributed by atoms with van der Waals surface area (Å²) in [4.78, 5) is 14.6. The fraction of sp³-hybridized carbons (Fsp3) is 0.471. The van der Waals surface area contributed by atoms with E-state index < -0.39 is 0 Å². The van der Waals surface area contributed by atoms with Crippen molar-refractivity contribution in [2.24, 2.45) is 0 Å². The number of carbonyl (C=O) groups excluding carboxylic acids is 1. The van der Waals surface area contributed by atoms with Crippen molar-refractivity contribution in [1.82, 2.24) is 15.1 Å². The Hall–Kier alpha value is -1.31. The monoisotopic (exact) mass is 396 g/mol. The van der Waals surface area contributed by atoms with Crippen molar-refractivity contribution in [3.8, 4) is 0 Å². The minimum Gasteiger partial charge on any atom is -0.339 e. The minimum atomic E-state index is 0.205. The van der Waals surface area contributed by atoms with E-state index in [-0.39, 0.29) is 5.91 Å². The van der Waals surface area contributed by atoms with Crippen molar-refractivity contribution in [2.45, 2.75) is 43.0 Å². The van der Waals surface area contributed by atoms with Gasteiger partial charge in [-0.3, -0.25) is 4.79 Å². The lowest BCUT2D eigenvalue weighted by molar-refractivity contribution is -0.132. The van der Waals surface area contributed by atoms with Crippen LogP contribution in [0.3, 0.4) is 0 Å². The largest absolute Gasteiger partial charge is 0.339 e. The number of likely N-dealkylation sites (tertiary alicyclic amines) is 1. The summed E-state index contributed by atoms with van der Waals surface area (Å²) in [5.41, 5.74) is 0.871. The molecule has 1 aliphatic heterocycles. The fourth-order valence-electron chi connectivity index (χ4n) is 2.97. The molecule has 3 rings (SSSR count). The third-order valence-electron chi connectivity index (χ3n) is 4.22. The van der Waals surface area contributed by atoms with Crippen molar-refractivity contribution in [2.75, 3.05) is 17.6 Å². The summed E-state index contributed by atoms with van der Waals surface area (Å²) in [5, 5.41) is 12.8. The number of halogens is 1. The molecular weight excluding hydrogens is 376 g/mol. The highest BCUT2D eigenvalue weighted by atomic mass is 35.5. The number of piperidine rings is 1. The van der Waals surface area contributed by atoms with Crippen LogP contribution < -0.4 is 5.32 Å². The number of hydrogen-bond acceptors (Lipinski definition) is 6. The number of benzene rings is 1. The maximum atomic E-state index is 12.5. The van der Waals surface area contributed by atoms with E-state index in [2.05, 4.69) is 22.4 Å². The van der Waals surface area contributed by atoms with Gasteiger partial charge in [0.15, 0.2) is 4.34 Å². The molecule has 1 aliphatic rings. The first-order valence-electron chi connectivity index (χ1n) is 8.44. The second-order valence-corrected chi connectivity index (χ2v) is 8.58. The Labute approximate surface area is 161 Å². The van der Waals surface area contributed by atoms with Crippen LogP contribution in [0.15, 0.2) is 28.6 Å². The first-order chi connectivity index (χ1) is 12.2. The maximum Gasteiger partial charge on any atom is 0.233 e. The third-order valence-corrected chi connectivity index (χ3v) is 6.41. The Morgan fingerprint density at radius 2 is 2.32 bits per heavy atom. The van der Waals surface area contributed by atoms with Crippen molar-refractivity contribution in [3.63, 3.8) is 0 Å². The molecule has 1 saturated heterocycles. The molecule has 0 spiro atoms. The van der Waals surface area contributed by atoms with Gasteiger partial charge in [-0.1, -0.05) is 47.7 Å². The van der Waals surface area contributed by atoms with Gasteiger partial charge in [0.1, 0.15) is 0 Å². The first kappa shape index (κ1) is 18.5. The molecule has 25 heavy (non-hydrogen) atoms. The zero-order valence-electron chi connectivity index (χ0n) is 14.1. The topological polar surface area (TPSA) is 58.1 Å². The van der Waals surface area contributed by atoms with Crippen molar-refractivity contribution in [1.29, 1.82) is 0 Å². The Morgan fingerprint density at radius 1 is 1.44 bits per heavy atom. The molecule has 1 fully saturated rings. The number of amides is 1. The number of rotatable bonds is 6. The Morgan fingerprint density at radius 3 is 3.12 bits per heavy atom. The predicted octanol–water partition coefficient (Wildman–Crippen LogP) is 4.82. The van der Waals surface area contributed by atoms with Crippen molar-refractivity contribution in [3.05, 3.63) is 29.3 Å². The van der Waals surface area contributed by atoms with E-state index in [0.717, 1.165) is 35.8 Å². The van der Waals surface area contributed by atoms with Crippen LogP contribution >= 0.6 is 34.7 Å². The lowest BCUT2D eigenvalue weighted by atomic mass is 10.0. The van der Waals surface area contributed by atoms with Crippen LogP contribution in [0.1, 0.15) is 32.6 Å². The Balaban J connectivity index is 1.53. The van der Waals surface area contributed by atoms with E-state index in [0.29, 0.717) is 21.9 Å². The van der Waals surface area contributed by atoms with Crippen LogP contribution in [-0.4, -0.2) is 39.3 Å². The summed E-state index contributed by atoms with van der Waals surface area (Å²) in [7, 11) is 0. The highest BCUT2D eigenvalue weighted by Gasteiger charge is 2.25. The SMILES string of the molecule is CC[C@@H]1CCCCN1C(=O)CSc1nnc(Nc2cccc(Cl)c2)s1. The number of thioether (sulfide) groups is 1. The van der Waals surface area contributed by atoms with Crippen LogP contribution in [0.5, 0.6) is 0 Å². The first-order valence-corrected chi connectivity index (χ1v) is 10.6. The van der Waals surface area contributed by atoms with Crippen LogP contribution in [0.4, 0.5) is 10.8 Å². The van der Waals surface area contributed by atoms with Gasteiger partial charge in [-0.2, -0.15) is 0 Å². The van der Waals surface area contributed by atoms with E-state index in [1.165, 1.54) is 29.5 Å². The minimum absolute atomic E-state index is 0.205. The zero-order chi connectivity index (χ0) is 17.6. The number of anilines is 2. The third kappa shape index (κ3) is 5.09. The van der Waals surface area contributed by atoms with E-state index >= 15 is 0 Å². The van der Waals surface area contributed by atoms with E-state index in [1.807, 2.05) is 29.2 Å². The van der Waals surface area contributed by atoms with Gasteiger partial charge >= 0.3 is 0 Å². The standard InChI is InChI=1S/C17H21ClN4OS2/c1-2-14-8-3-4-9-22(14)15(23)11-24-17-21-20-16(25-17)19-13-7-5-6-12(18)10-13/h5-7,10,14H,2-4,8-9,11H2,1H3,(H,19,20)/t14-/m1/s1. The van der Waals surface area contributed by atoms with Crippen LogP contribution in [-0.2, 0) is 4.79 Å². The number of nitrogens with one attached hydrogen (secondary N) is 1. The molecule has 0 bridgehead atoms. The van der Waals surface area contributed by atoms with E-state index in [4.69, 9.17) is 11.6 Å². The normalized spacial score (nSPS) is 17.5. The molecule has 2 aromatic rings. The molecule has 134 valence electrons. The fourth-order valence-corrected chi connectivity index (χ4v) is 4.82. The summed E-state index contributed by atoms with van der Waals surface area (Å²) in [5.74, 6) is 0.624. The van der Waals surface area contributed by atoms with E-state index in [1.54, 1.807) is 0 Å². The van der Waals surface area contributed by atoms with Crippen molar-refractivity contribution >= 4 is 51.4 Å². The van der Waals surface area contributed by atoms with Gasteiger partial charge in [0.2, 0.25) is 11.0 Å². The zero-order valence-corrected chi connectivity index (χ0v) is 16.5. The molecule has 1 aromatic carbocycles. The van der Waals surface area contributed by atoms with Crippen LogP contribution in [0, 0.1) is 0 Å². The Kier molecular flexibility index (Phi) is 6.56. The number of hydrogen-bond donors (Lipinski definition) is 1. The molecule has 1 aromatic heterocycles. The molecular formula is C17H21ClN4OS2. The average molecular weight is 397 g/mol. The summed E-state index contributed by atoms with van der Waals surface area (Å²) < 4.78 is 0.794. The molecule has 0 radical (unpaired) electrons. The van der Waals surface area contributed by atoms with Gasteiger partial charge in [-0.25, -0.2) is 0 Å². The summed E-state index contributed by atoms with van der Waals surface area (Å²) in [6.45, 7) is 3.04. The molecule has 0 saturated carbocycles. The molecule has 0 unspecified atom stereocenters. The maximum absolute atomic E-state index is 12.5. The van der Waals surface area contributed by atoms with Crippen LogP contribution in [0.2, 0.25) is 5.02 Å². The van der Waals surface area contributed by atoms with Gasteiger partial charge in [0, 0.05) is 23.3 Å². The van der Waals surface area contributed by atoms with Gasteiger partial charge in [0.25, 0.3) is 0 Å². The number of aromatic nitrogens is 2. The average Bonchev–Trinajstić information content (AvgIpc) is 3.07. The van der Waals surface area contributed by atoms with E-state index in [9.17, 15) is 4.79 Å². The lowest BCUT2D eigenvalue weighted by Gasteiger charge is -2.35. The van der Waals surface area contributed by atoms with Gasteiger partial charge < -0.3 is 10.2 Å². The second kappa shape index (κ2) is 8.87. The number of carbonyl (C=O) groups is 1. The van der Waals surface area contributed by atoms with Crippen LogP contribution in [0.25, 0.3) is 0 Å². The summed E-state index contributed by atoms with van der Waals surface area (Å²) in [6.07, 6.45) is 4.49. The van der Waals surface area contributed by atoms with Gasteiger partial charge in [0.05, 0.1) is 5.75 Å². The molecule has 5 nitrogen and oxygen atoms in total. The quantitative estimate of drug-likeness (QED) is 0.709. The highest BCUT2D eigenvalue weighted by molar-refractivity contribution is 8.01. The molecule has 1 atom stereocenters. The smallest absolute Gasteiger partial charge is 0.233 e. The lowest BCUT2D eigenvalue weighted by Crippen LogP contribution is -2.44. The number of nitrogens with zero attached hydrogens (tertiary/aromatic N) is 3. The molecule has 2 heterocycles. The molecule has 8 heteroatoms. The highest BCUT2D eigenvalue weighted by Crippen LogP contribution is 2.29.